The van der Waals surface area contributed by atoms with Crippen LogP contribution < -0.4 is 4.90 Å². The molecule has 0 spiro atoms. The molecule has 0 radical (unpaired) electrons. The zero-order valence-corrected chi connectivity index (χ0v) is 10.2. The fourth-order valence-electron chi connectivity index (χ4n) is 1.41. The van der Waals surface area contributed by atoms with E-state index in [0.717, 1.165) is 16.9 Å². The Hall–Kier alpha value is -0.870. The van der Waals surface area contributed by atoms with Gasteiger partial charge in [-0.15, -0.1) is 10.2 Å². The van der Waals surface area contributed by atoms with Gasteiger partial charge in [-0.25, -0.2) is 0 Å². The van der Waals surface area contributed by atoms with Gasteiger partial charge < -0.3 is 10.0 Å². The first-order valence-corrected chi connectivity index (χ1v) is 5.20. The van der Waals surface area contributed by atoms with Crippen molar-refractivity contribution in [3.05, 3.63) is 16.3 Å². The average Bonchev–Trinajstić information content (AvgIpc) is 2.13. The van der Waals surface area contributed by atoms with Crippen molar-refractivity contribution in [2.75, 3.05) is 18.5 Å². The van der Waals surface area contributed by atoms with Crippen molar-refractivity contribution in [1.29, 1.82) is 0 Å². The van der Waals surface area contributed by atoms with Crippen LogP contribution in [0.2, 0.25) is 5.15 Å². The van der Waals surface area contributed by atoms with Crippen molar-refractivity contribution in [2.45, 2.75) is 26.9 Å². The van der Waals surface area contributed by atoms with E-state index in [1.165, 1.54) is 0 Å². The molecule has 0 fully saturated rings. The molecule has 1 N–H and O–H groups in total. The maximum atomic E-state index is 9.28. The molecule has 0 saturated carbocycles. The number of aliphatic hydroxyl groups is 1. The molecule has 0 saturated heterocycles. The first-order valence-electron chi connectivity index (χ1n) is 4.82. The van der Waals surface area contributed by atoms with E-state index < -0.39 is 6.10 Å². The summed E-state index contributed by atoms with van der Waals surface area (Å²) in [7, 11) is 1.87. The molecule has 5 heteroatoms. The van der Waals surface area contributed by atoms with Crippen LogP contribution in [0, 0.1) is 13.8 Å². The third-order valence-corrected chi connectivity index (χ3v) is 2.70. The average molecular weight is 230 g/mol. The topological polar surface area (TPSA) is 49.2 Å². The lowest BCUT2D eigenvalue weighted by Gasteiger charge is -2.21. The highest BCUT2D eigenvalue weighted by molar-refractivity contribution is 6.30. The van der Waals surface area contributed by atoms with Crippen LogP contribution in [-0.4, -0.2) is 35.0 Å². The van der Waals surface area contributed by atoms with Gasteiger partial charge in [-0.3, -0.25) is 0 Å². The fraction of sp³-hybridized carbons (Fsp3) is 0.600. The summed E-state index contributed by atoms with van der Waals surface area (Å²) in [6.07, 6.45) is -0.396. The first-order chi connectivity index (χ1) is 6.93. The Morgan fingerprint density at radius 1 is 1.33 bits per heavy atom. The number of nitrogens with zero attached hydrogens (tertiary/aromatic N) is 3. The van der Waals surface area contributed by atoms with Crippen LogP contribution in [0.4, 0.5) is 5.82 Å². The number of hydrogen-bond acceptors (Lipinski definition) is 4. The molecule has 4 nitrogen and oxygen atoms in total. The summed E-state index contributed by atoms with van der Waals surface area (Å²) in [5.74, 6) is 0.762. The van der Waals surface area contributed by atoms with E-state index in [0.29, 0.717) is 11.7 Å². The molecular formula is C10H16ClN3O. The van der Waals surface area contributed by atoms with E-state index in [2.05, 4.69) is 10.2 Å². The van der Waals surface area contributed by atoms with Gasteiger partial charge in [0.15, 0.2) is 11.0 Å². The molecule has 0 bridgehead atoms. The van der Waals surface area contributed by atoms with E-state index in [4.69, 9.17) is 11.6 Å². The number of aromatic nitrogens is 2. The van der Waals surface area contributed by atoms with E-state index in [9.17, 15) is 5.11 Å². The van der Waals surface area contributed by atoms with Crippen LogP contribution in [0.5, 0.6) is 0 Å². The van der Waals surface area contributed by atoms with E-state index in [1.54, 1.807) is 6.92 Å². The molecule has 0 amide bonds. The largest absolute Gasteiger partial charge is 0.392 e. The van der Waals surface area contributed by atoms with Gasteiger partial charge in [-0.05, 0) is 31.9 Å². The van der Waals surface area contributed by atoms with E-state index in [-0.39, 0.29) is 0 Å². The summed E-state index contributed by atoms with van der Waals surface area (Å²) in [5.41, 5.74) is 1.93. The second kappa shape index (κ2) is 4.77. The lowest BCUT2D eigenvalue weighted by molar-refractivity contribution is 0.201. The van der Waals surface area contributed by atoms with Gasteiger partial charge in [0.05, 0.1) is 6.10 Å². The summed E-state index contributed by atoms with van der Waals surface area (Å²) in [6, 6.07) is 0. The summed E-state index contributed by atoms with van der Waals surface area (Å²) in [6.45, 7) is 6.12. The van der Waals surface area contributed by atoms with Gasteiger partial charge in [0.25, 0.3) is 0 Å². The zero-order chi connectivity index (χ0) is 11.6. The molecule has 0 aliphatic carbocycles. The molecule has 1 aromatic heterocycles. The Kier molecular flexibility index (Phi) is 3.88. The van der Waals surface area contributed by atoms with Crippen molar-refractivity contribution < 1.29 is 5.11 Å². The van der Waals surface area contributed by atoms with Gasteiger partial charge >= 0.3 is 0 Å². The summed E-state index contributed by atoms with van der Waals surface area (Å²) >= 11 is 5.85. The number of aliphatic hydroxyl groups excluding tert-OH is 1. The smallest absolute Gasteiger partial charge is 0.155 e. The van der Waals surface area contributed by atoms with E-state index in [1.807, 2.05) is 25.8 Å². The number of hydrogen-bond donors (Lipinski definition) is 1. The first kappa shape index (κ1) is 12.2. The zero-order valence-electron chi connectivity index (χ0n) is 9.45. The minimum Gasteiger partial charge on any atom is -0.392 e. The Bertz CT molecular complexity index is 355. The van der Waals surface area contributed by atoms with Crippen LogP contribution in [0.15, 0.2) is 0 Å². The van der Waals surface area contributed by atoms with Gasteiger partial charge in [0.1, 0.15) is 0 Å². The Morgan fingerprint density at radius 2 is 1.93 bits per heavy atom. The predicted molar refractivity (Wildman–Crippen MR) is 61.5 cm³/mol. The number of likely N-dealkylation sites (N-methyl/N-ethyl adjacent to an activating group) is 1. The van der Waals surface area contributed by atoms with Gasteiger partial charge in [0, 0.05) is 13.6 Å². The number of rotatable bonds is 3. The van der Waals surface area contributed by atoms with Crippen LogP contribution in [0.3, 0.4) is 0 Å². The molecule has 1 rings (SSSR count). The molecule has 0 aliphatic heterocycles. The maximum absolute atomic E-state index is 9.28. The van der Waals surface area contributed by atoms with Crippen molar-refractivity contribution in [2.24, 2.45) is 0 Å². The fourth-order valence-corrected chi connectivity index (χ4v) is 1.59. The highest BCUT2D eigenvalue weighted by atomic mass is 35.5. The Morgan fingerprint density at radius 3 is 2.47 bits per heavy atom. The van der Waals surface area contributed by atoms with Crippen molar-refractivity contribution in [1.82, 2.24) is 10.2 Å². The summed E-state index contributed by atoms with van der Waals surface area (Å²) in [4.78, 5) is 1.87. The number of halogens is 1. The highest BCUT2D eigenvalue weighted by Gasteiger charge is 2.12. The van der Waals surface area contributed by atoms with Gasteiger partial charge in [-0.2, -0.15) is 0 Å². The predicted octanol–water partition coefficient (Wildman–Crippen LogP) is 1.56. The van der Waals surface area contributed by atoms with Gasteiger partial charge in [0.2, 0.25) is 0 Å². The monoisotopic (exact) mass is 229 g/mol. The normalized spacial score (nSPS) is 12.7. The minimum atomic E-state index is -0.396. The van der Waals surface area contributed by atoms with E-state index >= 15 is 0 Å². The Labute approximate surface area is 94.9 Å². The maximum Gasteiger partial charge on any atom is 0.155 e. The second-order valence-electron chi connectivity index (χ2n) is 3.79. The van der Waals surface area contributed by atoms with Crippen molar-refractivity contribution >= 4 is 17.4 Å². The quantitative estimate of drug-likeness (QED) is 0.855. The Balaban J connectivity index is 3.00. The minimum absolute atomic E-state index is 0.396. The van der Waals surface area contributed by atoms with Crippen LogP contribution in [-0.2, 0) is 0 Å². The number of anilines is 1. The van der Waals surface area contributed by atoms with Crippen molar-refractivity contribution in [3.8, 4) is 0 Å². The molecule has 15 heavy (non-hydrogen) atoms. The van der Waals surface area contributed by atoms with Crippen LogP contribution in [0.1, 0.15) is 18.1 Å². The summed E-state index contributed by atoms with van der Waals surface area (Å²) in [5, 5.41) is 17.6. The molecule has 1 aromatic rings. The SMILES string of the molecule is Cc1c(Cl)nnc(N(C)CC(C)O)c1C. The molecule has 1 heterocycles. The standard InChI is InChI=1S/C10H16ClN3O/c1-6(15)5-14(4)10-8(3)7(2)9(11)12-13-10/h6,15H,5H2,1-4H3. The van der Waals surface area contributed by atoms with Crippen LogP contribution in [0.25, 0.3) is 0 Å². The molecular weight excluding hydrogens is 214 g/mol. The summed E-state index contributed by atoms with van der Waals surface area (Å²) < 4.78 is 0. The molecule has 84 valence electrons. The molecule has 1 atom stereocenters. The molecule has 0 aliphatic rings. The molecule has 0 aromatic carbocycles. The lowest BCUT2D eigenvalue weighted by Crippen LogP contribution is -2.28. The second-order valence-corrected chi connectivity index (χ2v) is 4.15. The third kappa shape index (κ3) is 2.79. The van der Waals surface area contributed by atoms with Crippen molar-refractivity contribution in [3.63, 3.8) is 0 Å². The molecule has 1 unspecified atom stereocenters. The highest BCUT2D eigenvalue weighted by Crippen LogP contribution is 2.22. The lowest BCUT2D eigenvalue weighted by atomic mass is 10.2. The van der Waals surface area contributed by atoms with Crippen LogP contribution >= 0.6 is 11.6 Å². The third-order valence-electron chi connectivity index (χ3n) is 2.34. The van der Waals surface area contributed by atoms with Gasteiger partial charge in [-0.1, -0.05) is 11.6 Å².